The van der Waals surface area contributed by atoms with E-state index < -0.39 is 0 Å². The van der Waals surface area contributed by atoms with Gasteiger partial charge >= 0.3 is 0 Å². The Kier molecular flexibility index (Phi) is 4.30. The van der Waals surface area contributed by atoms with Gasteiger partial charge in [0, 0.05) is 18.3 Å². The van der Waals surface area contributed by atoms with Gasteiger partial charge in [0.1, 0.15) is 0 Å². The molecular weight excluding hydrogens is 194 g/mol. The molecule has 1 unspecified atom stereocenters. The van der Waals surface area contributed by atoms with Crippen LogP contribution in [0.3, 0.4) is 0 Å². The average molecular weight is 211 g/mol. The minimum Gasteiger partial charge on any atom is -0.475 e. The lowest BCUT2D eigenvalue weighted by Gasteiger charge is -2.12. The SMILES string of the molecule is CC(CO)Nc1nccc(OC(C)C)n1. The van der Waals surface area contributed by atoms with Crippen molar-refractivity contribution in [2.24, 2.45) is 0 Å². The van der Waals surface area contributed by atoms with E-state index in [1.807, 2.05) is 20.8 Å². The highest BCUT2D eigenvalue weighted by atomic mass is 16.5. The van der Waals surface area contributed by atoms with Crippen LogP contribution in [0.15, 0.2) is 12.3 Å². The van der Waals surface area contributed by atoms with E-state index in [9.17, 15) is 0 Å². The van der Waals surface area contributed by atoms with Gasteiger partial charge in [-0.3, -0.25) is 0 Å². The van der Waals surface area contributed by atoms with Crippen LogP contribution >= 0.6 is 0 Å². The van der Waals surface area contributed by atoms with Crippen molar-refractivity contribution < 1.29 is 9.84 Å². The van der Waals surface area contributed by atoms with E-state index in [0.717, 1.165) is 0 Å². The van der Waals surface area contributed by atoms with Crippen molar-refractivity contribution in [2.75, 3.05) is 11.9 Å². The summed E-state index contributed by atoms with van der Waals surface area (Å²) >= 11 is 0. The zero-order valence-corrected chi connectivity index (χ0v) is 9.27. The summed E-state index contributed by atoms with van der Waals surface area (Å²) in [6.45, 7) is 5.76. The molecule has 1 aromatic heterocycles. The van der Waals surface area contributed by atoms with Crippen LogP contribution in [0.2, 0.25) is 0 Å². The maximum atomic E-state index is 8.86. The van der Waals surface area contributed by atoms with Crippen LogP contribution in [0, 0.1) is 0 Å². The molecule has 2 N–H and O–H groups in total. The van der Waals surface area contributed by atoms with Gasteiger partial charge in [-0.2, -0.15) is 4.98 Å². The minimum atomic E-state index is -0.0701. The second-order valence-electron chi connectivity index (χ2n) is 3.61. The number of aromatic nitrogens is 2. The van der Waals surface area contributed by atoms with Crippen LogP contribution in [-0.4, -0.2) is 33.8 Å². The van der Waals surface area contributed by atoms with Gasteiger partial charge in [-0.25, -0.2) is 4.98 Å². The van der Waals surface area contributed by atoms with Crippen LogP contribution in [0.1, 0.15) is 20.8 Å². The predicted octanol–water partition coefficient (Wildman–Crippen LogP) is 1.06. The molecule has 0 bridgehead atoms. The zero-order valence-electron chi connectivity index (χ0n) is 9.27. The maximum absolute atomic E-state index is 8.86. The molecular formula is C10H17N3O2. The second kappa shape index (κ2) is 5.50. The molecule has 1 aromatic rings. The largest absolute Gasteiger partial charge is 0.475 e. The fraction of sp³-hybridized carbons (Fsp3) is 0.600. The number of aliphatic hydroxyl groups excluding tert-OH is 1. The summed E-state index contributed by atoms with van der Waals surface area (Å²) in [7, 11) is 0. The van der Waals surface area contributed by atoms with Crippen LogP contribution in [0.25, 0.3) is 0 Å². The number of ether oxygens (including phenoxy) is 1. The zero-order chi connectivity index (χ0) is 11.3. The highest BCUT2D eigenvalue weighted by Gasteiger charge is 2.04. The first kappa shape index (κ1) is 11.7. The molecule has 0 amide bonds. The third kappa shape index (κ3) is 4.12. The average Bonchev–Trinajstić information content (AvgIpc) is 2.17. The molecule has 5 nitrogen and oxygen atoms in total. The lowest BCUT2D eigenvalue weighted by molar-refractivity contribution is 0.232. The molecule has 0 fully saturated rings. The maximum Gasteiger partial charge on any atom is 0.226 e. The third-order valence-corrected chi connectivity index (χ3v) is 1.64. The van der Waals surface area contributed by atoms with Crippen molar-refractivity contribution in [2.45, 2.75) is 32.9 Å². The van der Waals surface area contributed by atoms with Crippen molar-refractivity contribution >= 4 is 5.95 Å². The number of hydrogen-bond donors (Lipinski definition) is 2. The number of hydrogen-bond acceptors (Lipinski definition) is 5. The summed E-state index contributed by atoms with van der Waals surface area (Å²) in [5.74, 6) is 1.00. The van der Waals surface area contributed by atoms with E-state index in [-0.39, 0.29) is 18.8 Å². The minimum absolute atomic E-state index is 0.0403. The number of nitrogens with one attached hydrogen (secondary N) is 1. The van der Waals surface area contributed by atoms with Crippen molar-refractivity contribution in [3.8, 4) is 5.88 Å². The van der Waals surface area contributed by atoms with Gasteiger partial charge in [0.25, 0.3) is 0 Å². The molecule has 0 spiro atoms. The predicted molar refractivity (Wildman–Crippen MR) is 58.0 cm³/mol. The Hall–Kier alpha value is -1.36. The highest BCUT2D eigenvalue weighted by molar-refractivity contribution is 5.28. The Labute approximate surface area is 89.5 Å². The summed E-state index contributed by atoms with van der Waals surface area (Å²) in [6.07, 6.45) is 1.71. The van der Waals surface area contributed by atoms with Gasteiger partial charge < -0.3 is 15.2 Å². The first-order valence-corrected chi connectivity index (χ1v) is 4.99. The highest BCUT2D eigenvalue weighted by Crippen LogP contribution is 2.10. The van der Waals surface area contributed by atoms with Gasteiger partial charge in [-0.15, -0.1) is 0 Å². The Morgan fingerprint density at radius 3 is 2.80 bits per heavy atom. The Morgan fingerprint density at radius 2 is 2.20 bits per heavy atom. The quantitative estimate of drug-likeness (QED) is 0.762. The Morgan fingerprint density at radius 1 is 1.47 bits per heavy atom. The molecule has 0 aliphatic carbocycles. The number of aliphatic hydroxyl groups is 1. The molecule has 1 heterocycles. The molecule has 0 aliphatic heterocycles. The van der Waals surface area contributed by atoms with E-state index in [1.54, 1.807) is 12.3 Å². The fourth-order valence-corrected chi connectivity index (χ4v) is 0.985. The molecule has 0 radical (unpaired) electrons. The molecule has 1 atom stereocenters. The van der Waals surface area contributed by atoms with E-state index in [0.29, 0.717) is 11.8 Å². The smallest absolute Gasteiger partial charge is 0.226 e. The number of rotatable bonds is 5. The normalized spacial score (nSPS) is 12.6. The third-order valence-electron chi connectivity index (χ3n) is 1.64. The molecule has 0 aliphatic rings. The van der Waals surface area contributed by atoms with Gasteiger partial charge in [0.05, 0.1) is 12.7 Å². The first-order valence-electron chi connectivity index (χ1n) is 4.99. The summed E-state index contributed by atoms with van der Waals surface area (Å²) in [5, 5.41) is 11.8. The molecule has 0 aromatic carbocycles. The van der Waals surface area contributed by atoms with Crippen LogP contribution in [0.4, 0.5) is 5.95 Å². The molecule has 5 heteroatoms. The monoisotopic (exact) mass is 211 g/mol. The molecule has 15 heavy (non-hydrogen) atoms. The van der Waals surface area contributed by atoms with Gasteiger partial charge in [0.2, 0.25) is 11.8 Å². The lowest BCUT2D eigenvalue weighted by atomic mass is 10.4. The van der Waals surface area contributed by atoms with Gasteiger partial charge in [0.15, 0.2) is 0 Å². The fourth-order valence-electron chi connectivity index (χ4n) is 0.985. The van der Waals surface area contributed by atoms with Gasteiger partial charge in [-0.1, -0.05) is 0 Å². The van der Waals surface area contributed by atoms with Gasteiger partial charge in [-0.05, 0) is 20.8 Å². The van der Waals surface area contributed by atoms with E-state index in [2.05, 4.69) is 15.3 Å². The number of nitrogens with zero attached hydrogens (tertiary/aromatic N) is 2. The summed E-state index contributed by atoms with van der Waals surface area (Å²) < 4.78 is 5.42. The summed E-state index contributed by atoms with van der Waals surface area (Å²) in [5.41, 5.74) is 0. The van der Waals surface area contributed by atoms with Crippen molar-refractivity contribution in [1.82, 2.24) is 9.97 Å². The summed E-state index contributed by atoms with van der Waals surface area (Å²) in [6, 6.07) is 1.63. The molecule has 1 rings (SSSR count). The molecule has 0 saturated carbocycles. The lowest BCUT2D eigenvalue weighted by Crippen LogP contribution is -2.21. The molecule has 84 valence electrons. The van der Waals surface area contributed by atoms with Crippen LogP contribution < -0.4 is 10.1 Å². The Balaban J connectivity index is 2.65. The van der Waals surface area contributed by atoms with Crippen LogP contribution in [0.5, 0.6) is 5.88 Å². The standard InChI is InChI=1S/C10H17N3O2/c1-7(2)15-9-4-5-11-10(13-9)12-8(3)6-14/h4-5,7-8,14H,6H2,1-3H3,(H,11,12,13). The summed E-state index contributed by atoms with van der Waals surface area (Å²) in [4.78, 5) is 8.17. The van der Waals surface area contributed by atoms with Crippen LogP contribution in [-0.2, 0) is 0 Å². The Bertz CT molecular complexity index is 304. The molecule has 0 saturated heterocycles. The van der Waals surface area contributed by atoms with E-state index in [4.69, 9.17) is 9.84 Å². The topological polar surface area (TPSA) is 67.3 Å². The first-order chi connectivity index (χ1) is 7.11. The van der Waals surface area contributed by atoms with E-state index >= 15 is 0 Å². The van der Waals surface area contributed by atoms with E-state index in [1.165, 1.54) is 0 Å². The van der Waals surface area contributed by atoms with Crippen molar-refractivity contribution in [3.05, 3.63) is 12.3 Å². The van der Waals surface area contributed by atoms with Crippen molar-refractivity contribution in [3.63, 3.8) is 0 Å². The van der Waals surface area contributed by atoms with Crippen molar-refractivity contribution in [1.29, 1.82) is 0 Å². The number of anilines is 1. The second-order valence-corrected chi connectivity index (χ2v) is 3.61.